The molecule has 132 valence electrons. The summed E-state index contributed by atoms with van der Waals surface area (Å²) >= 11 is 0. The average Bonchev–Trinajstić information content (AvgIpc) is 3.46. The molecule has 0 aromatic heterocycles. The van der Waals surface area contributed by atoms with E-state index < -0.39 is 0 Å². The summed E-state index contributed by atoms with van der Waals surface area (Å²) in [6, 6.07) is 11.6. The van der Waals surface area contributed by atoms with E-state index >= 15 is 0 Å². The van der Waals surface area contributed by atoms with Gasteiger partial charge in [-0.1, -0.05) is 57.0 Å². The Hall–Kier alpha value is -1.35. The fourth-order valence-electron chi connectivity index (χ4n) is 4.12. The number of rotatable bonds is 7. The van der Waals surface area contributed by atoms with Crippen LogP contribution in [0.1, 0.15) is 64.0 Å². The normalized spacial score (nSPS) is 22.1. The molecule has 3 nitrogen and oxygen atoms in total. The van der Waals surface area contributed by atoms with Gasteiger partial charge in [0.15, 0.2) is 0 Å². The van der Waals surface area contributed by atoms with Crippen molar-refractivity contribution in [2.75, 3.05) is 19.6 Å². The topological polar surface area (TPSA) is 23.6 Å². The van der Waals surface area contributed by atoms with Crippen LogP contribution in [-0.4, -0.2) is 41.4 Å². The molecule has 1 atom stereocenters. The van der Waals surface area contributed by atoms with Crippen molar-refractivity contribution >= 4 is 5.91 Å². The highest BCUT2D eigenvalue weighted by atomic mass is 16.2. The minimum Gasteiger partial charge on any atom is -0.333 e. The monoisotopic (exact) mass is 328 g/mol. The Bertz CT molecular complexity index is 520. The molecule has 0 radical (unpaired) electrons. The third-order valence-corrected chi connectivity index (χ3v) is 5.57. The van der Waals surface area contributed by atoms with Gasteiger partial charge in [0.05, 0.1) is 6.04 Å². The molecule has 1 aromatic rings. The Balaban J connectivity index is 1.79. The third-order valence-electron chi connectivity index (χ3n) is 5.57. The van der Waals surface area contributed by atoms with Gasteiger partial charge in [-0.05, 0) is 31.2 Å². The van der Waals surface area contributed by atoms with Crippen LogP contribution in [0.25, 0.3) is 0 Å². The lowest BCUT2D eigenvalue weighted by molar-refractivity contribution is -0.141. The van der Waals surface area contributed by atoms with Crippen molar-refractivity contribution in [3.05, 3.63) is 35.9 Å². The maximum Gasteiger partial charge on any atom is 0.226 e. The SMILES string of the molecule is CCCC(CCC)C(=O)N1CCN(C2CC2)CC1c1ccccc1. The molecule has 2 fully saturated rings. The number of carbonyl (C=O) groups is 1. The zero-order chi connectivity index (χ0) is 16.9. The van der Waals surface area contributed by atoms with Gasteiger partial charge in [0, 0.05) is 31.6 Å². The van der Waals surface area contributed by atoms with E-state index in [1.807, 2.05) is 0 Å². The Morgan fingerprint density at radius 3 is 2.33 bits per heavy atom. The number of hydrogen-bond acceptors (Lipinski definition) is 2. The molecule has 1 aliphatic carbocycles. The van der Waals surface area contributed by atoms with Gasteiger partial charge in [0.2, 0.25) is 5.91 Å². The number of hydrogen-bond donors (Lipinski definition) is 0. The van der Waals surface area contributed by atoms with Crippen LogP contribution in [0.4, 0.5) is 0 Å². The number of nitrogens with zero attached hydrogens (tertiary/aromatic N) is 2. The van der Waals surface area contributed by atoms with Gasteiger partial charge in [-0.2, -0.15) is 0 Å². The van der Waals surface area contributed by atoms with E-state index in [4.69, 9.17) is 0 Å². The first kappa shape index (κ1) is 17.5. The summed E-state index contributed by atoms with van der Waals surface area (Å²) in [5, 5.41) is 0. The summed E-state index contributed by atoms with van der Waals surface area (Å²) in [5.41, 5.74) is 1.29. The van der Waals surface area contributed by atoms with Crippen molar-refractivity contribution in [2.45, 2.75) is 64.5 Å². The zero-order valence-electron chi connectivity index (χ0n) is 15.3. The van der Waals surface area contributed by atoms with Crippen molar-refractivity contribution in [3.63, 3.8) is 0 Å². The van der Waals surface area contributed by atoms with Crippen LogP contribution in [0.2, 0.25) is 0 Å². The van der Waals surface area contributed by atoms with Gasteiger partial charge >= 0.3 is 0 Å². The van der Waals surface area contributed by atoms with E-state index in [1.165, 1.54) is 18.4 Å². The first-order valence-corrected chi connectivity index (χ1v) is 9.84. The number of benzene rings is 1. The lowest BCUT2D eigenvalue weighted by Gasteiger charge is -2.43. The van der Waals surface area contributed by atoms with E-state index in [0.717, 1.165) is 51.4 Å². The highest BCUT2D eigenvalue weighted by Crippen LogP contribution is 2.34. The highest BCUT2D eigenvalue weighted by molar-refractivity contribution is 5.79. The smallest absolute Gasteiger partial charge is 0.226 e. The number of carbonyl (C=O) groups excluding carboxylic acids is 1. The maximum atomic E-state index is 13.3. The molecule has 1 amide bonds. The van der Waals surface area contributed by atoms with Crippen LogP contribution >= 0.6 is 0 Å². The fourth-order valence-corrected chi connectivity index (χ4v) is 4.12. The van der Waals surface area contributed by atoms with Crippen molar-refractivity contribution in [2.24, 2.45) is 5.92 Å². The Morgan fingerprint density at radius 2 is 1.75 bits per heavy atom. The number of piperazine rings is 1. The Morgan fingerprint density at radius 1 is 1.08 bits per heavy atom. The van der Waals surface area contributed by atoms with Crippen LogP contribution in [-0.2, 0) is 4.79 Å². The molecule has 1 aliphatic heterocycles. The number of amides is 1. The predicted octanol–water partition coefficient (Wildman–Crippen LogP) is 4.25. The van der Waals surface area contributed by atoms with E-state index in [9.17, 15) is 4.79 Å². The van der Waals surface area contributed by atoms with E-state index in [0.29, 0.717) is 5.91 Å². The molecule has 24 heavy (non-hydrogen) atoms. The molecule has 1 saturated carbocycles. The van der Waals surface area contributed by atoms with E-state index in [1.54, 1.807) is 0 Å². The standard InChI is InChI=1S/C21H32N2O/c1-3-8-18(9-4-2)21(24)23-15-14-22(19-12-13-19)16-20(23)17-10-6-5-7-11-17/h5-7,10-11,18-20H,3-4,8-9,12-16H2,1-2H3. The summed E-state index contributed by atoms with van der Waals surface area (Å²) in [7, 11) is 0. The van der Waals surface area contributed by atoms with Gasteiger partial charge in [-0.3, -0.25) is 9.69 Å². The van der Waals surface area contributed by atoms with Gasteiger partial charge in [-0.25, -0.2) is 0 Å². The van der Waals surface area contributed by atoms with Crippen molar-refractivity contribution < 1.29 is 4.79 Å². The molecule has 1 saturated heterocycles. The van der Waals surface area contributed by atoms with Gasteiger partial charge in [0.25, 0.3) is 0 Å². The molecule has 0 spiro atoms. The molecule has 1 aromatic carbocycles. The minimum atomic E-state index is 0.207. The Labute approximate surface area is 147 Å². The summed E-state index contributed by atoms with van der Waals surface area (Å²) < 4.78 is 0. The largest absolute Gasteiger partial charge is 0.333 e. The maximum absolute atomic E-state index is 13.3. The first-order chi connectivity index (χ1) is 11.7. The lowest BCUT2D eigenvalue weighted by atomic mass is 9.93. The van der Waals surface area contributed by atoms with Crippen LogP contribution in [0, 0.1) is 5.92 Å². The molecule has 3 rings (SSSR count). The van der Waals surface area contributed by atoms with Gasteiger partial charge < -0.3 is 4.90 Å². The minimum absolute atomic E-state index is 0.207. The summed E-state index contributed by atoms with van der Waals surface area (Å²) in [6.45, 7) is 7.32. The second kappa shape index (κ2) is 8.15. The summed E-state index contributed by atoms with van der Waals surface area (Å²) in [4.78, 5) is 18.1. The van der Waals surface area contributed by atoms with Crippen molar-refractivity contribution in [3.8, 4) is 0 Å². The quantitative estimate of drug-likeness (QED) is 0.747. The summed E-state index contributed by atoms with van der Waals surface area (Å²) in [5.74, 6) is 0.599. The third kappa shape index (κ3) is 4.00. The molecule has 0 N–H and O–H groups in total. The molecular weight excluding hydrogens is 296 g/mol. The van der Waals surface area contributed by atoms with Crippen LogP contribution < -0.4 is 0 Å². The lowest BCUT2D eigenvalue weighted by Crippen LogP contribution is -2.52. The Kier molecular flexibility index (Phi) is 5.94. The van der Waals surface area contributed by atoms with Crippen LogP contribution in [0.3, 0.4) is 0 Å². The summed E-state index contributed by atoms with van der Waals surface area (Å²) in [6.07, 6.45) is 6.91. The van der Waals surface area contributed by atoms with E-state index in [-0.39, 0.29) is 12.0 Å². The molecule has 3 heteroatoms. The predicted molar refractivity (Wildman–Crippen MR) is 98.8 cm³/mol. The highest BCUT2D eigenvalue weighted by Gasteiger charge is 2.39. The second-order valence-corrected chi connectivity index (χ2v) is 7.46. The zero-order valence-corrected chi connectivity index (χ0v) is 15.3. The molecular formula is C21H32N2O. The van der Waals surface area contributed by atoms with Crippen molar-refractivity contribution in [1.29, 1.82) is 0 Å². The molecule has 1 unspecified atom stereocenters. The second-order valence-electron chi connectivity index (χ2n) is 7.46. The average molecular weight is 328 g/mol. The molecule has 2 aliphatic rings. The van der Waals surface area contributed by atoms with Crippen LogP contribution in [0.15, 0.2) is 30.3 Å². The van der Waals surface area contributed by atoms with E-state index in [2.05, 4.69) is 54.0 Å². The molecule has 0 bridgehead atoms. The van der Waals surface area contributed by atoms with Gasteiger partial charge in [0.1, 0.15) is 0 Å². The fraction of sp³-hybridized carbons (Fsp3) is 0.667. The first-order valence-electron chi connectivity index (χ1n) is 9.84. The van der Waals surface area contributed by atoms with Crippen LogP contribution in [0.5, 0.6) is 0 Å². The van der Waals surface area contributed by atoms with Crippen molar-refractivity contribution in [1.82, 2.24) is 9.80 Å². The van der Waals surface area contributed by atoms with Gasteiger partial charge in [-0.15, -0.1) is 0 Å². The molecule has 1 heterocycles.